The summed E-state index contributed by atoms with van der Waals surface area (Å²) >= 11 is 0. The number of hydrogen-bond donors (Lipinski definition) is 0. The Bertz CT molecular complexity index is 294. The summed E-state index contributed by atoms with van der Waals surface area (Å²) < 4.78 is 13.3. The standard InChI is InChI=1S/C10H12O6/c1-3-8(11)15-6-5-9(12)16-7-10(13)14-4-2/h3-4H,1-2,5-7H2. The van der Waals surface area contributed by atoms with Gasteiger partial charge in [-0.3, -0.25) is 4.79 Å². The molecule has 0 heterocycles. The molecule has 0 aromatic rings. The topological polar surface area (TPSA) is 78.9 Å². The monoisotopic (exact) mass is 228 g/mol. The van der Waals surface area contributed by atoms with E-state index < -0.39 is 24.5 Å². The van der Waals surface area contributed by atoms with E-state index in [9.17, 15) is 14.4 Å². The zero-order chi connectivity index (χ0) is 12.4. The highest BCUT2D eigenvalue weighted by atomic mass is 16.6. The second-order valence-electron chi connectivity index (χ2n) is 2.44. The minimum atomic E-state index is -0.730. The van der Waals surface area contributed by atoms with Gasteiger partial charge in [-0.2, -0.15) is 0 Å². The predicted molar refractivity (Wildman–Crippen MR) is 53.0 cm³/mol. The number of carbonyl (C=O) groups excluding carboxylic acids is 3. The molecule has 0 N–H and O–H groups in total. The average Bonchev–Trinajstić information content (AvgIpc) is 2.26. The highest BCUT2D eigenvalue weighted by Crippen LogP contribution is 1.91. The number of ether oxygens (including phenoxy) is 3. The van der Waals surface area contributed by atoms with E-state index >= 15 is 0 Å². The Labute approximate surface area is 92.5 Å². The second-order valence-corrected chi connectivity index (χ2v) is 2.44. The number of carbonyl (C=O) groups is 3. The highest BCUT2D eigenvalue weighted by Gasteiger charge is 2.08. The Morgan fingerprint density at radius 3 is 2.31 bits per heavy atom. The van der Waals surface area contributed by atoms with Crippen molar-refractivity contribution in [2.24, 2.45) is 0 Å². The molecule has 0 aliphatic carbocycles. The largest absolute Gasteiger partial charge is 0.462 e. The van der Waals surface area contributed by atoms with Crippen molar-refractivity contribution in [1.29, 1.82) is 0 Å². The van der Waals surface area contributed by atoms with Gasteiger partial charge in [-0.15, -0.1) is 0 Å². The van der Waals surface area contributed by atoms with E-state index in [0.717, 1.165) is 12.3 Å². The summed E-state index contributed by atoms with van der Waals surface area (Å²) in [5.41, 5.74) is 0. The van der Waals surface area contributed by atoms with Crippen molar-refractivity contribution in [3.8, 4) is 0 Å². The van der Waals surface area contributed by atoms with Crippen LogP contribution in [0.5, 0.6) is 0 Å². The first-order valence-electron chi connectivity index (χ1n) is 4.35. The lowest BCUT2D eigenvalue weighted by Gasteiger charge is -2.03. The molecular weight excluding hydrogens is 216 g/mol. The molecule has 0 aliphatic heterocycles. The molecule has 0 aromatic heterocycles. The lowest BCUT2D eigenvalue weighted by molar-refractivity contribution is -0.157. The van der Waals surface area contributed by atoms with Gasteiger partial charge >= 0.3 is 17.9 Å². The Morgan fingerprint density at radius 2 is 1.75 bits per heavy atom. The summed E-state index contributed by atoms with van der Waals surface area (Å²) in [5, 5.41) is 0. The molecule has 0 saturated heterocycles. The zero-order valence-corrected chi connectivity index (χ0v) is 8.64. The fourth-order valence-corrected chi connectivity index (χ4v) is 0.632. The van der Waals surface area contributed by atoms with Gasteiger partial charge in [0.1, 0.15) is 6.61 Å². The van der Waals surface area contributed by atoms with E-state index in [-0.39, 0.29) is 13.0 Å². The SMILES string of the molecule is C=COC(=O)COC(=O)CCOC(=O)C=C. The first-order valence-corrected chi connectivity index (χ1v) is 4.35. The molecule has 6 nitrogen and oxygen atoms in total. The van der Waals surface area contributed by atoms with Gasteiger partial charge in [-0.05, 0) is 0 Å². The van der Waals surface area contributed by atoms with Crippen molar-refractivity contribution in [1.82, 2.24) is 0 Å². The molecule has 88 valence electrons. The maximum absolute atomic E-state index is 10.9. The smallest absolute Gasteiger partial charge is 0.349 e. The van der Waals surface area contributed by atoms with Crippen LogP contribution < -0.4 is 0 Å². The molecule has 0 aliphatic rings. The normalized spacial score (nSPS) is 8.75. The second kappa shape index (κ2) is 8.22. The lowest BCUT2D eigenvalue weighted by Crippen LogP contribution is -2.16. The molecule has 0 bridgehead atoms. The van der Waals surface area contributed by atoms with Crippen LogP contribution in [0, 0.1) is 0 Å². The van der Waals surface area contributed by atoms with Crippen molar-refractivity contribution >= 4 is 17.9 Å². The van der Waals surface area contributed by atoms with Crippen molar-refractivity contribution in [2.75, 3.05) is 13.2 Å². The fourth-order valence-electron chi connectivity index (χ4n) is 0.632. The van der Waals surface area contributed by atoms with E-state index in [4.69, 9.17) is 0 Å². The van der Waals surface area contributed by atoms with Crippen molar-refractivity contribution in [2.45, 2.75) is 6.42 Å². The Morgan fingerprint density at radius 1 is 1.06 bits per heavy atom. The van der Waals surface area contributed by atoms with E-state index in [1.165, 1.54) is 0 Å². The van der Waals surface area contributed by atoms with Crippen LogP contribution in [0.3, 0.4) is 0 Å². The molecule has 0 unspecified atom stereocenters. The third-order valence-electron chi connectivity index (χ3n) is 1.28. The third-order valence-corrected chi connectivity index (χ3v) is 1.28. The molecule has 0 saturated carbocycles. The minimum absolute atomic E-state index is 0.125. The third kappa shape index (κ3) is 7.31. The van der Waals surface area contributed by atoms with Crippen LogP contribution in [0.15, 0.2) is 25.5 Å². The van der Waals surface area contributed by atoms with Crippen LogP contribution in [0.4, 0.5) is 0 Å². The predicted octanol–water partition coefficient (Wildman–Crippen LogP) is 0.336. The van der Waals surface area contributed by atoms with Crippen molar-refractivity contribution in [3.05, 3.63) is 25.5 Å². The molecule has 6 heteroatoms. The summed E-state index contributed by atoms with van der Waals surface area (Å²) in [6, 6.07) is 0. The average molecular weight is 228 g/mol. The van der Waals surface area contributed by atoms with Crippen LogP contribution in [-0.2, 0) is 28.6 Å². The molecule has 16 heavy (non-hydrogen) atoms. The Balaban J connectivity index is 3.59. The van der Waals surface area contributed by atoms with Crippen LogP contribution in [-0.4, -0.2) is 31.1 Å². The van der Waals surface area contributed by atoms with E-state index in [1.807, 2.05) is 0 Å². The van der Waals surface area contributed by atoms with Gasteiger partial charge in [-0.1, -0.05) is 13.2 Å². The molecule has 0 spiro atoms. The number of rotatable bonds is 7. The fraction of sp³-hybridized carbons (Fsp3) is 0.300. The number of esters is 3. The summed E-state index contributed by atoms with van der Waals surface area (Å²) in [5.74, 6) is -2.02. The van der Waals surface area contributed by atoms with Gasteiger partial charge in [-0.25, -0.2) is 9.59 Å². The molecule has 0 fully saturated rings. The molecule has 0 atom stereocenters. The molecule has 0 radical (unpaired) electrons. The van der Waals surface area contributed by atoms with Gasteiger partial charge in [0.05, 0.1) is 12.7 Å². The van der Waals surface area contributed by atoms with Gasteiger partial charge < -0.3 is 14.2 Å². The van der Waals surface area contributed by atoms with Gasteiger partial charge in [0.15, 0.2) is 6.61 Å². The summed E-state index contributed by atoms with van der Waals surface area (Å²) in [7, 11) is 0. The maximum Gasteiger partial charge on any atom is 0.349 e. The highest BCUT2D eigenvalue weighted by molar-refractivity contribution is 5.81. The van der Waals surface area contributed by atoms with E-state index in [0.29, 0.717) is 0 Å². The minimum Gasteiger partial charge on any atom is -0.462 e. The van der Waals surface area contributed by atoms with Gasteiger partial charge in [0.25, 0.3) is 0 Å². The molecule has 0 aromatic carbocycles. The van der Waals surface area contributed by atoms with Crippen LogP contribution in [0.25, 0.3) is 0 Å². The van der Waals surface area contributed by atoms with Crippen molar-refractivity contribution in [3.63, 3.8) is 0 Å². The quantitative estimate of drug-likeness (QED) is 0.270. The van der Waals surface area contributed by atoms with Gasteiger partial charge in [0.2, 0.25) is 0 Å². The molecular formula is C10H12O6. The number of hydrogen-bond acceptors (Lipinski definition) is 6. The van der Waals surface area contributed by atoms with Crippen molar-refractivity contribution < 1.29 is 28.6 Å². The first-order chi connectivity index (χ1) is 7.60. The molecule has 0 rings (SSSR count). The molecule has 0 amide bonds. The summed E-state index contributed by atoms with van der Waals surface area (Å²) in [6.07, 6.45) is 1.77. The van der Waals surface area contributed by atoms with Crippen LogP contribution in [0.1, 0.15) is 6.42 Å². The Kier molecular flexibility index (Phi) is 7.14. The van der Waals surface area contributed by atoms with E-state index in [1.54, 1.807) is 0 Å². The Hall–Kier alpha value is -2.11. The van der Waals surface area contributed by atoms with E-state index in [2.05, 4.69) is 27.4 Å². The first kappa shape index (κ1) is 13.9. The van der Waals surface area contributed by atoms with Crippen LogP contribution in [0.2, 0.25) is 0 Å². The summed E-state index contributed by atoms with van der Waals surface area (Å²) in [6.45, 7) is 5.71. The summed E-state index contributed by atoms with van der Waals surface area (Å²) in [4.78, 5) is 32.2. The maximum atomic E-state index is 10.9. The zero-order valence-electron chi connectivity index (χ0n) is 8.64. The van der Waals surface area contributed by atoms with Gasteiger partial charge in [0, 0.05) is 6.08 Å². The van der Waals surface area contributed by atoms with Crippen LogP contribution >= 0.6 is 0 Å². The lowest BCUT2D eigenvalue weighted by atomic mass is 10.4.